The average Bonchev–Trinajstić information content (AvgIpc) is 2.57. The summed E-state index contributed by atoms with van der Waals surface area (Å²) in [5.41, 5.74) is 6.23. The lowest BCUT2D eigenvalue weighted by Gasteiger charge is -1.98. The van der Waals surface area contributed by atoms with Crippen molar-refractivity contribution in [1.82, 2.24) is 15.2 Å². The second-order valence-corrected chi connectivity index (χ2v) is 2.98. The number of nitrogens with one attached hydrogen (secondary N) is 1. The topological polar surface area (TPSA) is 67.6 Å². The summed E-state index contributed by atoms with van der Waals surface area (Å²) >= 11 is 0. The van der Waals surface area contributed by atoms with Gasteiger partial charge in [-0.3, -0.25) is 5.10 Å². The molecule has 3 N–H and O–H groups in total. The van der Waals surface area contributed by atoms with Gasteiger partial charge in [-0.2, -0.15) is 5.10 Å². The molecule has 0 fully saturated rings. The first-order valence-electron chi connectivity index (χ1n) is 4.11. The zero-order valence-corrected chi connectivity index (χ0v) is 7.58. The quantitative estimate of drug-likeness (QED) is 0.673. The summed E-state index contributed by atoms with van der Waals surface area (Å²) in [7, 11) is 0. The molecule has 0 bridgehead atoms. The first-order valence-corrected chi connectivity index (χ1v) is 4.11. The highest BCUT2D eigenvalue weighted by Gasteiger charge is 2.05. The number of benzene rings is 1. The van der Waals surface area contributed by atoms with Crippen LogP contribution in [0.25, 0.3) is 11.4 Å². The van der Waals surface area contributed by atoms with Crippen molar-refractivity contribution in [1.29, 1.82) is 0 Å². The van der Waals surface area contributed by atoms with Gasteiger partial charge in [0.1, 0.15) is 11.6 Å². The van der Waals surface area contributed by atoms with E-state index in [0.717, 1.165) is 0 Å². The lowest BCUT2D eigenvalue weighted by Crippen LogP contribution is -1.91. The molecular weight excluding hydrogens is 183 g/mol. The van der Waals surface area contributed by atoms with Crippen molar-refractivity contribution < 1.29 is 4.39 Å². The van der Waals surface area contributed by atoms with Gasteiger partial charge in [-0.05, 0) is 25.1 Å². The molecular formula is C9H9FN4. The second kappa shape index (κ2) is 3.10. The van der Waals surface area contributed by atoms with E-state index in [2.05, 4.69) is 15.2 Å². The SMILES string of the molecule is Cc1nc(-c2ccc(F)c(N)c2)n[nH]1. The molecule has 0 saturated heterocycles. The molecule has 14 heavy (non-hydrogen) atoms. The Kier molecular flexibility index (Phi) is 1.92. The third-order valence-corrected chi connectivity index (χ3v) is 1.85. The van der Waals surface area contributed by atoms with Crippen molar-refractivity contribution in [2.75, 3.05) is 5.73 Å². The van der Waals surface area contributed by atoms with Crippen LogP contribution in [0.15, 0.2) is 18.2 Å². The van der Waals surface area contributed by atoms with E-state index < -0.39 is 5.82 Å². The third-order valence-electron chi connectivity index (χ3n) is 1.85. The van der Waals surface area contributed by atoms with Gasteiger partial charge in [0.05, 0.1) is 5.69 Å². The van der Waals surface area contributed by atoms with E-state index in [4.69, 9.17) is 5.73 Å². The number of anilines is 1. The summed E-state index contributed by atoms with van der Waals surface area (Å²) in [6.07, 6.45) is 0. The van der Waals surface area contributed by atoms with Crippen molar-refractivity contribution in [3.8, 4) is 11.4 Å². The van der Waals surface area contributed by atoms with Crippen molar-refractivity contribution in [3.05, 3.63) is 29.8 Å². The van der Waals surface area contributed by atoms with Gasteiger partial charge >= 0.3 is 0 Å². The van der Waals surface area contributed by atoms with Gasteiger partial charge in [-0.1, -0.05) is 0 Å². The van der Waals surface area contributed by atoms with E-state index in [1.165, 1.54) is 12.1 Å². The number of nitrogens with zero attached hydrogens (tertiary/aromatic N) is 2. The van der Waals surface area contributed by atoms with Crippen LogP contribution in [0.2, 0.25) is 0 Å². The van der Waals surface area contributed by atoms with E-state index in [1.54, 1.807) is 13.0 Å². The van der Waals surface area contributed by atoms with Gasteiger partial charge in [0.25, 0.3) is 0 Å². The Morgan fingerprint density at radius 3 is 2.79 bits per heavy atom. The fourth-order valence-corrected chi connectivity index (χ4v) is 1.15. The number of halogens is 1. The number of hydrogen-bond acceptors (Lipinski definition) is 3. The molecule has 0 unspecified atom stereocenters. The molecule has 1 aromatic heterocycles. The number of H-pyrrole nitrogens is 1. The first-order chi connectivity index (χ1) is 6.66. The van der Waals surface area contributed by atoms with E-state index >= 15 is 0 Å². The molecule has 0 aliphatic carbocycles. The van der Waals surface area contributed by atoms with Gasteiger partial charge in [-0.25, -0.2) is 9.37 Å². The highest BCUT2D eigenvalue weighted by Crippen LogP contribution is 2.19. The van der Waals surface area contributed by atoms with Gasteiger partial charge in [0.15, 0.2) is 5.82 Å². The average molecular weight is 192 g/mol. The van der Waals surface area contributed by atoms with Gasteiger partial charge in [0.2, 0.25) is 0 Å². The van der Waals surface area contributed by atoms with Crippen LogP contribution in [0.5, 0.6) is 0 Å². The summed E-state index contributed by atoms with van der Waals surface area (Å²) < 4.78 is 12.8. The summed E-state index contributed by atoms with van der Waals surface area (Å²) in [6, 6.07) is 4.41. The minimum Gasteiger partial charge on any atom is -0.396 e. The smallest absolute Gasteiger partial charge is 0.181 e. The standard InChI is InChI=1S/C9H9FN4/c1-5-12-9(14-13-5)6-2-3-7(10)8(11)4-6/h2-4H,11H2,1H3,(H,12,13,14). The molecule has 1 aromatic carbocycles. The number of hydrogen-bond donors (Lipinski definition) is 2. The molecule has 72 valence electrons. The number of aromatic nitrogens is 3. The zero-order valence-electron chi connectivity index (χ0n) is 7.58. The molecule has 2 rings (SSSR count). The Bertz CT molecular complexity index is 464. The second-order valence-electron chi connectivity index (χ2n) is 2.98. The summed E-state index contributed by atoms with van der Waals surface area (Å²) in [5, 5.41) is 6.65. The van der Waals surface area contributed by atoms with Crippen LogP contribution in [-0.2, 0) is 0 Å². The van der Waals surface area contributed by atoms with Crippen molar-refractivity contribution in [2.45, 2.75) is 6.92 Å². The monoisotopic (exact) mass is 192 g/mol. The normalized spacial score (nSPS) is 10.4. The van der Waals surface area contributed by atoms with E-state index in [9.17, 15) is 4.39 Å². The molecule has 2 aromatic rings. The van der Waals surface area contributed by atoms with Crippen molar-refractivity contribution >= 4 is 5.69 Å². The fourth-order valence-electron chi connectivity index (χ4n) is 1.15. The van der Waals surface area contributed by atoms with Crippen LogP contribution in [0.4, 0.5) is 10.1 Å². The molecule has 0 saturated carbocycles. The van der Waals surface area contributed by atoms with Crippen LogP contribution in [0, 0.1) is 12.7 Å². The van der Waals surface area contributed by atoms with E-state index in [1.807, 2.05) is 0 Å². The minimum absolute atomic E-state index is 0.102. The fraction of sp³-hybridized carbons (Fsp3) is 0.111. The van der Waals surface area contributed by atoms with Crippen LogP contribution in [0.1, 0.15) is 5.82 Å². The lowest BCUT2D eigenvalue weighted by molar-refractivity contribution is 0.632. The molecule has 0 atom stereocenters. The Labute approximate surface area is 80.0 Å². The maximum Gasteiger partial charge on any atom is 0.181 e. The first kappa shape index (κ1) is 8.68. The predicted molar refractivity (Wildman–Crippen MR) is 50.9 cm³/mol. The van der Waals surface area contributed by atoms with E-state index in [0.29, 0.717) is 17.2 Å². The van der Waals surface area contributed by atoms with Crippen LogP contribution < -0.4 is 5.73 Å². The zero-order chi connectivity index (χ0) is 10.1. The van der Waals surface area contributed by atoms with Crippen LogP contribution in [-0.4, -0.2) is 15.2 Å². The Hall–Kier alpha value is -1.91. The number of nitrogen functional groups attached to an aromatic ring is 1. The molecule has 1 heterocycles. The Balaban J connectivity index is 2.47. The molecule has 0 radical (unpaired) electrons. The predicted octanol–water partition coefficient (Wildman–Crippen LogP) is 1.50. The number of aromatic amines is 1. The molecule has 0 amide bonds. The highest BCUT2D eigenvalue weighted by atomic mass is 19.1. The molecule has 0 spiro atoms. The number of nitrogens with two attached hydrogens (primary N) is 1. The van der Waals surface area contributed by atoms with Crippen LogP contribution >= 0.6 is 0 Å². The Morgan fingerprint density at radius 2 is 2.21 bits per heavy atom. The maximum atomic E-state index is 12.8. The molecule has 5 heteroatoms. The minimum atomic E-state index is -0.430. The van der Waals surface area contributed by atoms with Gasteiger partial charge in [0, 0.05) is 5.56 Å². The molecule has 4 nitrogen and oxygen atoms in total. The summed E-state index contributed by atoms with van der Waals surface area (Å²) in [6.45, 7) is 1.80. The summed E-state index contributed by atoms with van der Waals surface area (Å²) in [4.78, 5) is 4.11. The number of aryl methyl sites for hydroxylation is 1. The van der Waals surface area contributed by atoms with Crippen LogP contribution in [0.3, 0.4) is 0 Å². The maximum absolute atomic E-state index is 12.8. The highest BCUT2D eigenvalue weighted by molar-refractivity contribution is 5.61. The molecule has 0 aliphatic rings. The summed E-state index contributed by atoms with van der Waals surface area (Å²) in [5.74, 6) is 0.804. The van der Waals surface area contributed by atoms with E-state index in [-0.39, 0.29) is 5.69 Å². The largest absolute Gasteiger partial charge is 0.396 e. The van der Waals surface area contributed by atoms with Crippen molar-refractivity contribution in [3.63, 3.8) is 0 Å². The Morgan fingerprint density at radius 1 is 1.43 bits per heavy atom. The van der Waals surface area contributed by atoms with Crippen molar-refractivity contribution in [2.24, 2.45) is 0 Å². The van der Waals surface area contributed by atoms with Gasteiger partial charge < -0.3 is 5.73 Å². The van der Waals surface area contributed by atoms with Gasteiger partial charge in [-0.15, -0.1) is 0 Å². The third kappa shape index (κ3) is 1.44. The lowest BCUT2D eigenvalue weighted by atomic mass is 10.2. The number of rotatable bonds is 1. The molecule has 0 aliphatic heterocycles.